The molecule has 0 radical (unpaired) electrons. The second-order valence-corrected chi connectivity index (χ2v) is 5.86. The van der Waals surface area contributed by atoms with Gasteiger partial charge in [0.25, 0.3) is 11.8 Å². The molecule has 1 aromatic carbocycles. The Morgan fingerprint density at radius 3 is 2.64 bits per heavy atom. The third-order valence-electron chi connectivity index (χ3n) is 3.17. The second-order valence-electron chi connectivity index (χ2n) is 4.91. The van der Waals surface area contributed by atoms with Crippen LogP contribution < -0.4 is 20.3 Å². The highest BCUT2D eigenvalue weighted by Crippen LogP contribution is 2.30. The summed E-state index contributed by atoms with van der Waals surface area (Å²) < 4.78 is 15.7. The highest BCUT2D eigenvalue weighted by atomic mass is 32.1. The lowest BCUT2D eigenvalue weighted by Gasteiger charge is -2.18. The van der Waals surface area contributed by atoms with Gasteiger partial charge in [-0.2, -0.15) is 0 Å². The Hall–Kier alpha value is -3.07. The summed E-state index contributed by atoms with van der Waals surface area (Å²) in [6.45, 7) is 0.323. The average molecular weight is 362 g/mol. The number of benzene rings is 1. The highest BCUT2D eigenvalue weighted by molar-refractivity contribution is 7.12. The summed E-state index contributed by atoms with van der Waals surface area (Å²) in [5.41, 5.74) is 4.64. The first-order chi connectivity index (χ1) is 12.1. The zero-order valence-electron chi connectivity index (χ0n) is 12.9. The van der Waals surface area contributed by atoms with Gasteiger partial charge in [0.2, 0.25) is 0 Å². The van der Waals surface area contributed by atoms with E-state index in [1.54, 1.807) is 23.6 Å². The van der Waals surface area contributed by atoms with Crippen molar-refractivity contribution in [1.29, 1.82) is 0 Å². The first kappa shape index (κ1) is 16.8. The minimum Gasteiger partial charge on any atom is -0.486 e. The van der Waals surface area contributed by atoms with Crippen molar-refractivity contribution in [2.45, 2.75) is 0 Å². The van der Waals surface area contributed by atoms with Crippen molar-refractivity contribution in [3.05, 3.63) is 46.2 Å². The lowest BCUT2D eigenvalue weighted by Crippen LogP contribution is -2.43. The quantitative estimate of drug-likeness (QED) is 0.624. The zero-order valence-corrected chi connectivity index (χ0v) is 13.8. The largest absolute Gasteiger partial charge is 0.486 e. The summed E-state index contributed by atoms with van der Waals surface area (Å²) in [6, 6.07) is 7.95. The fourth-order valence-corrected chi connectivity index (χ4v) is 2.64. The van der Waals surface area contributed by atoms with Crippen LogP contribution in [0.5, 0.6) is 11.5 Å². The van der Waals surface area contributed by atoms with E-state index in [1.807, 2.05) is 0 Å². The Morgan fingerprint density at radius 1 is 1.08 bits per heavy atom. The number of hydrogen-bond acceptors (Lipinski definition) is 7. The van der Waals surface area contributed by atoms with Gasteiger partial charge in [0.1, 0.15) is 13.2 Å². The number of hydrogen-bond donors (Lipinski definition) is 2. The molecule has 2 aromatic rings. The molecule has 130 valence electrons. The van der Waals surface area contributed by atoms with Crippen LogP contribution in [0.3, 0.4) is 0 Å². The van der Waals surface area contributed by atoms with E-state index in [1.165, 1.54) is 23.5 Å². The normalized spacial score (nSPS) is 12.2. The Balaban J connectivity index is 1.47. The van der Waals surface area contributed by atoms with Crippen molar-refractivity contribution < 1.29 is 28.6 Å². The number of nitrogens with one attached hydrogen (secondary N) is 2. The van der Waals surface area contributed by atoms with E-state index in [-0.39, 0.29) is 5.56 Å². The highest BCUT2D eigenvalue weighted by Gasteiger charge is 2.17. The summed E-state index contributed by atoms with van der Waals surface area (Å²) in [5, 5.41) is 1.74. The predicted octanol–water partition coefficient (Wildman–Crippen LogP) is 1.14. The molecule has 0 aliphatic carbocycles. The van der Waals surface area contributed by atoms with Gasteiger partial charge in [0.15, 0.2) is 18.1 Å². The van der Waals surface area contributed by atoms with Gasteiger partial charge in [-0.1, -0.05) is 6.07 Å². The summed E-state index contributed by atoms with van der Waals surface area (Å²) in [6.07, 6.45) is 0. The third kappa shape index (κ3) is 4.27. The predicted molar refractivity (Wildman–Crippen MR) is 87.6 cm³/mol. The maximum atomic E-state index is 12.0. The van der Waals surface area contributed by atoms with Crippen molar-refractivity contribution in [2.24, 2.45) is 0 Å². The van der Waals surface area contributed by atoms with Crippen LogP contribution in [-0.2, 0) is 9.53 Å². The Labute approximate surface area is 146 Å². The average Bonchev–Trinajstić information content (AvgIpc) is 3.18. The number of carbonyl (C=O) groups excluding carboxylic acids is 3. The van der Waals surface area contributed by atoms with Crippen LogP contribution >= 0.6 is 11.3 Å². The second kappa shape index (κ2) is 7.67. The lowest BCUT2D eigenvalue weighted by atomic mass is 10.2. The zero-order chi connectivity index (χ0) is 17.6. The number of amides is 2. The molecule has 1 aliphatic heterocycles. The van der Waals surface area contributed by atoms with Crippen molar-refractivity contribution in [3.63, 3.8) is 0 Å². The Bertz CT molecular complexity index is 790. The van der Waals surface area contributed by atoms with E-state index in [0.717, 1.165) is 0 Å². The Morgan fingerprint density at radius 2 is 1.88 bits per heavy atom. The van der Waals surface area contributed by atoms with Gasteiger partial charge in [0, 0.05) is 0 Å². The SMILES string of the molecule is O=C(COC(=O)c1ccc2c(c1)OCCO2)NNC(=O)c1cccs1. The van der Waals surface area contributed by atoms with Crippen molar-refractivity contribution in [3.8, 4) is 11.5 Å². The molecule has 0 bridgehead atoms. The molecular formula is C16H14N2O6S. The summed E-state index contributed by atoms with van der Waals surface area (Å²) in [7, 11) is 0. The molecule has 0 saturated carbocycles. The van der Waals surface area contributed by atoms with Gasteiger partial charge in [-0.25, -0.2) is 4.79 Å². The molecule has 9 heteroatoms. The minimum atomic E-state index is -0.684. The van der Waals surface area contributed by atoms with E-state index >= 15 is 0 Å². The number of hydrazine groups is 1. The van der Waals surface area contributed by atoms with Crippen LogP contribution in [-0.4, -0.2) is 37.6 Å². The van der Waals surface area contributed by atoms with Crippen LogP contribution in [0.2, 0.25) is 0 Å². The smallest absolute Gasteiger partial charge is 0.338 e. The molecule has 2 N–H and O–H groups in total. The molecule has 0 fully saturated rings. The molecular weight excluding hydrogens is 348 g/mol. The van der Waals surface area contributed by atoms with Crippen molar-refractivity contribution in [1.82, 2.24) is 10.9 Å². The first-order valence-corrected chi connectivity index (χ1v) is 8.21. The van der Waals surface area contributed by atoms with Crippen molar-refractivity contribution in [2.75, 3.05) is 19.8 Å². The fourth-order valence-electron chi connectivity index (χ4n) is 2.02. The molecule has 1 aromatic heterocycles. The third-order valence-corrected chi connectivity index (χ3v) is 4.04. The maximum Gasteiger partial charge on any atom is 0.338 e. The van der Waals surface area contributed by atoms with Gasteiger partial charge in [0.05, 0.1) is 10.4 Å². The molecule has 1 aliphatic rings. The number of carbonyl (C=O) groups is 3. The molecule has 3 rings (SSSR count). The van der Waals surface area contributed by atoms with Crippen LogP contribution in [0, 0.1) is 0 Å². The number of esters is 1. The van der Waals surface area contributed by atoms with Gasteiger partial charge in [-0.05, 0) is 29.6 Å². The van der Waals surface area contributed by atoms with Gasteiger partial charge >= 0.3 is 5.97 Å². The summed E-state index contributed by atoms with van der Waals surface area (Å²) >= 11 is 1.24. The standard InChI is InChI=1S/C16H14N2O6S/c19-14(17-18-15(20)13-2-1-7-25-13)9-24-16(21)10-3-4-11-12(8-10)23-6-5-22-11/h1-4,7-8H,5-6,9H2,(H,17,19)(H,18,20). The molecule has 2 amide bonds. The molecule has 8 nitrogen and oxygen atoms in total. The molecule has 2 heterocycles. The number of thiophene rings is 1. The number of fused-ring (bicyclic) bond motifs is 1. The van der Waals surface area contributed by atoms with Crippen molar-refractivity contribution >= 4 is 29.1 Å². The molecule has 0 unspecified atom stereocenters. The number of rotatable bonds is 4. The van der Waals surface area contributed by atoms with E-state index < -0.39 is 24.4 Å². The van der Waals surface area contributed by atoms with E-state index in [9.17, 15) is 14.4 Å². The van der Waals surface area contributed by atoms with Crippen LogP contribution in [0.15, 0.2) is 35.7 Å². The summed E-state index contributed by atoms with van der Waals surface area (Å²) in [5.74, 6) is -0.779. The van der Waals surface area contributed by atoms with E-state index in [2.05, 4.69) is 10.9 Å². The minimum absolute atomic E-state index is 0.236. The maximum absolute atomic E-state index is 12.0. The fraction of sp³-hybridized carbons (Fsp3) is 0.188. The van der Waals surface area contributed by atoms with Gasteiger partial charge < -0.3 is 14.2 Å². The van der Waals surface area contributed by atoms with Crippen LogP contribution in [0.25, 0.3) is 0 Å². The van der Waals surface area contributed by atoms with Gasteiger partial charge in [-0.3, -0.25) is 20.4 Å². The van der Waals surface area contributed by atoms with E-state index in [4.69, 9.17) is 14.2 Å². The topological polar surface area (TPSA) is 103 Å². The van der Waals surface area contributed by atoms with Crippen LogP contribution in [0.1, 0.15) is 20.0 Å². The molecule has 25 heavy (non-hydrogen) atoms. The number of ether oxygens (including phenoxy) is 3. The first-order valence-electron chi connectivity index (χ1n) is 7.33. The lowest BCUT2D eigenvalue weighted by molar-refractivity contribution is -0.125. The molecule has 0 atom stereocenters. The molecule has 0 spiro atoms. The monoisotopic (exact) mass is 362 g/mol. The van der Waals surface area contributed by atoms with E-state index in [0.29, 0.717) is 29.6 Å². The van der Waals surface area contributed by atoms with Crippen LogP contribution in [0.4, 0.5) is 0 Å². The van der Waals surface area contributed by atoms with Gasteiger partial charge in [-0.15, -0.1) is 11.3 Å². The summed E-state index contributed by atoms with van der Waals surface area (Å²) in [4.78, 5) is 35.7. The molecule has 0 saturated heterocycles. The Kier molecular flexibility index (Phi) is 5.14.